The second-order valence-electron chi connectivity index (χ2n) is 6.11. The molecule has 0 bridgehead atoms. The van der Waals surface area contributed by atoms with Gasteiger partial charge in [-0.2, -0.15) is 0 Å². The summed E-state index contributed by atoms with van der Waals surface area (Å²) in [6.07, 6.45) is 4.58. The molecular weight excluding hydrogens is 382 g/mol. The summed E-state index contributed by atoms with van der Waals surface area (Å²) in [4.78, 5) is 23.2. The first-order valence-electron chi connectivity index (χ1n) is 8.94. The van der Waals surface area contributed by atoms with Gasteiger partial charge in [0.1, 0.15) is 11.6 Å². The van der Waals surface area contributed by atoms with Gasteiger partial charge >= 0.3 is 0 Å². The van der Waals surface area contributed by atoms with E-state index in [1.54, 1.807) is 18.2 Å². The summed E-state index contributed by atoms with van der Waals surface area (Å²) in [6, 6.07) is 6.49. The van der Waals surface area contributed by atoms with Crippen LogP contribution in [0.15, 0.2) is 36.4 Å². The van der Waals surface area contributed by atoms with Crippen LogP contribution >= 0.6 is 0 Å². The first kappa shape index (κ1) is 21.9. The molecule has 0 heterocycles. The van der Waals surface area contributed by atoms with Crippen molar-refractivity contribution in [3.63, 3.8) is 0 Å². The molecule has 0 atom stereocenters. The van der Waals surface area contributed by atoms with Crippen LogP contribution in [0.4, 0.5) is 14.5 Å². The highest BCUT2D eigenvalue weighted by Gasteiger charge is 2.15. The third-order valence-electron chi connectivity index (χ3n) is 3.95. The Morgan fingerprint density at radius 2 is 1.90 bits per heavy atom. The molecule has 0 aromatic heterocycles. The number of nitrogens with one attached hydrogen (secondary N) is 1. The Morgan fingerprint density at radius 3 is 2.55 bits per heavy atom. The van der Waals surface area contributed by atoms with Crippen LogP contribution in [-0.2, 0) is 4.79 Å². The summed E-state index contributed by atoms with van der Waals surface area (Å²) >= 11 is 0. The first-order chi connectivity index (χ1) is 13.8. The highest BCUT2D eigenvalue weighted by molar-refractivity contribution is 6.03. The Bertz CT molecular complexity index is 929. The number of nitrogens with two attached hydrogens (primary N) is 1. The number of carbonyl (C=O) groups is 2. The monoisotopic (exact) mass is 404 g/mol. The van der Waals surface area contributed by atoms with E-state index in [2.05, 4.69) is 12.2 Å². The van der Waals surface area contributed by atoms with Gasteiger partial charge in [0.15, 0.2) is 11.5 Å². The largest absolute Gasteiger partial charge is 0.493 e. The minimum atomic E-state index is -1.10. The van der Waals surface area contributed by atoms with Gasteiger partial charge in [-0.05, 0) is 36.3 Å². The maximum absolute atomic E-state index is 13.8. The van der Waals surface area contributed by atoms with Crippen molar-refractivity contribution in [2.45, 2.75) is 19.8 Å². The van der Waals surface area contributed by atoms with E-state index in [0.717, 1.165) is 18.9 Å². The van der Waals surface area contributed by atoms with Crippen LogP contribution in [-0.4, -0.2) is 25.5 Å². The molecule has 0 unspecified atom stereocenters. The Balaban J connectivity index is 2.11. The van der Waals surface area contributed by atoms with E-state index < -0.39 is 29.0 Å². The van der Waals surface area contributed by atoms with Gasteiger partial charge in [-0.1, -0.05) is 19.4 Å². The molecule has 0 spiro atoms. The number of anilines is 1. The van der Waals surface area contributed by atoms with Gasteiger partial charge in [-0.3, -0.25) is 9.59 Å². The zero-order valence-electron chi connectivity index (χ0n) is 16.1. The fourth-order valence-corrected chi connectivity index (χ4v) is 2.41. The van der Waals surface area contributed by atoms with Crippen molar-refractivity contribution in [2.24, 2.45) is 5.73 Å². The van der Waals surface area contributed by atoms with Gasteiger partial charge in [0.2, 0.25) is 5.91 Å². The Labute approximate surface area is 167 Å². The average Bonchev–Trinajstić information content (AvgIpc) is 2.69. The molecule has 0 aliphatic heterocycles. The lowest BCUT2D eigenvalue weighted by atomic mass is 10.1. The number of carbonyl (C=O) groups excluding carboxylic acids is 2. The number of methoxy groups -OCH3 is 1. The molecule has 154 valence electrons. The number of amides is 2. The predicted molar refractivity (Wildman–Crippen MR) is 106 cm³/mol. The number of rotatable bonds is 9. The van der Waals surface area contributed by atoms with Crippen LogP contribution in [0.3, 0.4) is 0 Å². The van der Waals surface area contributed by atoms with Crippen molar-refractivity contribution < 1.29 is 27.8 Å². The summed E-state index contributed by atoms with van der Waals surface area (Å²) in [5.74, 6) is -2.76. The lowest BCUT2D eigenvalue weighted by Gasteiger charge is -2.11. The van der Waals surface area contributed by atoms with Crippen LogP contribution in [0, 0.1) is 11.6 Å². The van der Waals surface area contributed by atoms with E-state index in [1.165, 1.54) is 19.3 Å². The van der Waals surface area contributed by atoms with E-state index in [1.807, 2.05) is 0 Å². The molecule has 0 radical (unpaired) electrons. The molecule has 0 aliphatic rings. The minimum Gasteiger partial charge on any atom is -0.493 e. The lowest BCUT2D eigenvalue weighted by Crippen LogP contribution is -2.16. The van der Waals surface area contributed by atoms with E-state index in [9.17, 15) is 18.4 Å². The number of hydrogen-bond acceptors (Lipinski definition) is 4. The number of benzene rings is 2. The third kappa shape index (κ3) is 6.03. The quantitative estimate of drug-likeness (QED) is 0.490. The normalized spacial score (nSPS) is 10.8. The molecule has 29 heavy (non-hydrogen) atoms. The van der Waals surface area contributed by atoms with Crippen molar-refractivity contribution in [3.8, 4) is 11.5 Å². The number of primary amides is 1. The minimum absolute atomic E-state index is 0.355. The maximum atomic E-state index is 13.8. The number of ether oxygens (including phenoxy) is 2. The molecule has 0 saturated carbocycles. The van der Waals surface area contributed by atoms with E-state index in [4.69, 9.17) is 15.2 Å². The summed E-state index contributed by atoms with van der Waals surface area (Å²) in [6.45, 7) is 2.63. The topological polar surface area (TPSA) is 90.6 Å². The molecule has 0 aliphatic carbocycles. The fraction of sp³-hybridized carbons (Fsp3) is 0.238. The predicted octanol–water partition coefficient (Wildman–Crippen LogP) is 3.90. The van der Waals surface area contributed by atoms with Crippen LogP contribution in [0.1, 0.15) is 35.7 Å². The average molecular weight is 404 g/mol. The SMILES string of the molecule is CCCCOc1ccc(/C=C/C(=O)Nc2cc(C(N)=O)c(F)cc2F)cc1OC. The highest BCUT2D eigenvalue weighted by Crippen LogP contribution is 2.29. The second-order valence-corrected chi connectivity index (χ2v) is 6.11. The molecule has 2 aromatic carbocycles. The number of halogens is 2. The van der Waals surface area contributed by atoms with Gasteiger partial charge in [-0.25, -0.2) is 8.78 Å². The van der Waals surface area contributed by atoms with Gasteiger partial charge in [0.25, 0.3) is 5.91 Å². The number of hydrogen-bond donors (Lipinski definition) is 2. The molecular formula is C21H22F2N2O4. The van der Waals surface area contributed by atoms with Gasteiger partial charge in [0, 0.05) is 12.1 Å². The smallest absolute Gasteiger partial charge is 0.251 e. The summed E-state index contributed by atoms with van der Waals surface area (Å²) in [5, 5.41) is 2.25. The van der Waals surface area contributed by atoms with Gasteiger partial charge < -0.3 is 20.5 Å². The van der Waals surface area contributed by atoms with Crippen LogP contribution in [0.5, 0.6) is 11.5 Å². The van der Waals surface area contributed by atoms with Crippen molar-refractivity contribution in [1.29, 1.82) is 0 Å². The zero-order chi connectivity index (χ0) is 21.4. The van der Waals surface area contributed by atoms with Crippen molar-refractivity contribution in [2.75, 3.05) is 19.0 Å². The third-order valence-corrected chi connectivity index (χ3v) is 3.95. The summed E-state index contributed by atoms with van der Waals surface area (Å²) in [7, 11) is 1.51. The Hall–Kier alpha value is -3.42. The van der Waals surface area contributed by atoms with Crippen LogP contribution < -0.4 is 20.5 Å². The Morgan fingerprint density at radius 1 is 1.14 bits per heavy atom. The molecule has 2 aromatic rings. The summed E-state index contributed by atoms with van der Waals surface area (Å²) in [5.41, 5.74) is 4.80. The summed E-state index contributed by atoms with van der Waals surface area (Å²) < 4.78 is 38.3. The molecule has 0 fully saturated rings. The van der Waals surface area contributed by atoms with Crippen LogP contribution in [0.2, 0.25) is 0 Å². The van der Waals surface area contributed by atoms with E-state index in [-0.39, 0.29) is 5.69 Å². The standard InChI is InChI=1S/C21H22F2N2O4/c1-3-4-9-29-18-7-5-13(10-19(18)28-2)6-8-20(26)25-17-11-14(21(24)27)15(22)12-16(17)23/h5-8,10-12H,3-4,9H2,1-2H3,(H2,24,27)(H,25,26)/b8-6+. The highest BCUT2D eigenvalue weighted by atomic mass is 19.1. The zero-order valence-corrected chi connectivity index (χ0v) is 16.1. The lowest BCUT2D eigenvalue weighted by molar-refractivity contribution is -0.111. The molecule has 8 heteroatoms. The Kier molecular flexibility index (Phi) is 7.70. The first-order valence-corrected chi connectivity index (χ1v) is 8.94. The van der Waals surface area contributed by atoms with E-state index in [0.29, 0.717) is 29.7 Å². The van der Waals surface area contributed by atoms with Crippen LogP contribution in [0.25, 0.3) is 6.08 Å². The van der Waals surface area contributed by atoms with Gasteiger partial charge in [0.05, 0.1) is 25.0 Å². The molecule has 2 rings (SSSR count). The molecule has 2 amide bonds. The second kappa shape index (κ2) is 10.2. The van der Waals surface area contributed by atoms with Crippen molar-refractivity contribution in [1.82, 2.24) is 0 Å². The van der Waals surface area contributed by atoms with Crippen molar-refractivity contribution in [3.05, 3.63) is 59.2 Å². The van der Waals surface area contributed by atoms with E-state index >= 15 is 0 Å². The van der Waals surface area contributed by atoms with Crippen molar-refractivity contribution >= 4 is 23.6 Å². The maximum Gasteiger partial charge on any atom is 0.251 e. The molecule has 0 saturated heterocycles. The fourth-order valence-electron chi connectivity index (χ4n) is 2.41. The van der Waals surface area contributed by atoms with Gasteiger partial charge in [-0.15, -0.1) is 0 Å². The number of unbranched alkanes of at least 4 members (excludes halogenated alkanes) is 1. The molecule has 3 N–H and O–H groups in total. The molecule has 6 nitrogen and oxygen atoms in total.